The molecule has 18 rings (SSSR count). The predicted octanol–water partition coefficient (Wildman–Crippen LogP) is 14.5. The summed E-state index contributed by atoms with van der Waals surface area (Å²) in [7, 11) is 0. The van der Waals surface area contributed by atoms with Crippen LogP contribution in [0, 0.1) is 23.7 Å². The first-order chi connectivity index (χ1) is 34.2. The first-order valence-electron chi connectivity index (χ1n) is 25.3. The molecule has 0 atom stereocenters. The number of aromatic nitrogens is 1. The summed E-state index contributed by atoms with van der Waals surface area (Å²) in [4.78, 5) is 5.28. The molecule has 5 heteroatoms. The minimum atomic E-state index is 0.0168. The lowest BCUT2D eigenvalue weighted by molar-refractivity contribution is -0.0419. The van der Waals surface area contributed by atoms with E-state index in [9.17, 15) is 0 Å². The Morgan fingerprint density at radius 3 is 1.88 bits per heavy atom. The zero-order valence-corrected chi connectivity index (χ0v) is 38.1. The number of anilines is 6. The molecule has 0 saturated heterocycles. The number of fused-ring (bicyclic) bond motifs is 12. The first kappa shape index (κ1) is 37.3. The molecule has 4 saturated carbocycles. The summed E-state index contributed by atoms with van der Waals surface area (Å²) in [5.74, 6) is 3.10. The summed E-state index contributed by atoms with van der Waals surface area (Å²) in [5.41, 5.74) is 22.7. The number of para-hydroxylation sites is 6. The molecule has 0 N–H and O–H groups in total. The summed E-state index contributed by atoms with van der Waals surface area (Å²) in [5, 5.41) is 4.85. The lowest BCUT2D eigenvalue weighted by atomic mass is 9.32. The highest BCUT2D eigenvalue weighted by Gasteiger charge is 2.62. The van der Waals surface area contributed by atoms with Crippen LogP contribution in [0.25, 0.3) is 60.6 Å². The molecular weight excluding hydrogens is 838 g/mol. The molecule has 5 heterocycles. The van der Waals surface area contributed by atoms with Gasteiger partial charge < -0.3 is 18.8 Å². The van der Waals surface area contributed by atoms with Gasteiger partial charge in [-0.2, -0.15) is 0 Å². The molecule has 1 spiro atoms. The normalized spacial score (nSPS) is 22.2. The van der Waals surface area contributed by atoms with Gasteiger partial charge in [-0.05, 0) is 150 Å². The zero-order chi connectivity index (χ0) is 44.7. The summed E-state index contributed by atoms with van der Waals surface area (Å²) in [6, 6.07) is 73.5. The van der Waals surface area contributed by atoms with E-state index in [1.807, 2.05) is 0 Å². The Labute approximate surface area is 401 Å². The third-order valence-electron chi connectivity index (χ3n) is 18.1. The number of benzene rings is 9. The monoisotopic (exact) mass is 883 g/mol. The standard InChI is InChI=1S/C64H46BN3O/c1-5-23-54-46(15-1)47-16-2-6-24-55(47)66(54)43-13-9-14-44(37-43)67-57-30-29-40(45-18-10-19-49-48-17-3-8-28-60(48)69-63(45)49)36-53(57)65-52-22-11-21-51-62(52)68(59-27-12-26-58(67)61(59)65)56-25-7-4-20-50(56)64(51)41-32-38-31-39(34-41)35-42(64)33-38/h1-30,36-39,41-42H,31-35H2. The molecule has 9 aromatic carbocycles. The van der Waals surface area contributed by atoms with E-state index in [1.54, 1.807) is 11.1 Å². The SMILES string of the molecule is c1cc(N2c3ccc(-c4cccc5c4oc4ccccc45)cc3B3c4cccc5c4N(c4ccccc4C54C5CC6CC(C5)CC4C6)c4cccc2c43)cc(-n2c3ccccc3c3ccccc32)c1. The van der Waals surface area contributed by atoms with Gasteiger partial charge in [0.25, 0.3) is 6.71 Å². The van der Waals surface area contributed by atoms with Crippen molar-refractivity contribution >= 4 is 101 Å². The zero-order valence-electron chi connectivity index (χ0n) is 38.1. The van der Waals surface area contributed by atoms with E-state index in [-0.39, 0.29) is 12.1 Å². The van der Waals surface area contributed by atoms with E-state index in [0.29, 0.717) is 11.8 Å². The Morgan fingerprint density at radius 2 is 1.07 bits per heavy atom. The summed E-state index contributed by atoms with van der Waals surface area (Å²) >= 11 is 0. The van der Waals surface area contributed by atoms with E-state index in [1.165, 1.54) is 104 Å². The number of hydrogen-bond acceptors (Lipinski definition) is 3. The van der Waals surface area contributed by atoms with Crippen molar-refractivity contribution in [2.75, 3.05) is 9.80 Å². The largest absolute Gasteiger partial charge is 0.455 e. The van der Waals surface area contributed by atoms with Crippen molar-refractivity contribution in [3.05, 3.63) is 205 Å². The quantitative estimate of drug-likeness (QED) is 0.165. The molecule has 4 aliphatic carbocycles. The predicted molar refractivity (Wildman–Crippen MR) is 285 cm³/mol. The van der Waals surface area contributed by atoms with Gasteiger partial charge >= 0.3 is 0 Å². The van der Waals surface area contributed by atoms with E-state index >= 15 is 0 Å². The van der Waals surface area contributed by atoms with Gasteiger partial charge in [-0.3, -0.25) is 0 Å². The van der Waals surface area contributed by atoms with Gasteiger partial charge in [-0.15, -0.1) is 0 Å². The van der Waals surface area contributed by atoms with Crippen molar-refractivity contribution in [2.24, 2.45) is 23.7 Å². The molecule has 4 fully saturated rings. The summed E-state index contributed by atoms with van der Waals surface area (Å²) in [6.45, 7) is 0.0168. The van der Waals surface area contributed by atoms with E-state index in [2.05, 4.69) is 208 Å². The molecule has 2 aromatic heterocycles. The highest BCUT2D eigenvalue weighted by atomic mass is 16.3. The summed E-state index contributed by atoms with van der Waals surface area (Å²) < 4.78 is 9.20. The fourth-order valence-electron chi connectivity index (χ4n) is 15.9. The van der Waals surface area contributed by atoms with Crippen LogP contribution in [-0.2, 0) is 5.41 Å². The Hall–Kier alpha value is -7.76. The highest BCUT2D eigenvalue weighted by molar-refractivity contribution is 7.00. The molecule has 3 aliphatic heterocycles. The van der Waals surface area contributed by atoms with Crippen molar-refractivity contribution in [2.45, 2.75) is 37.5 Å². The van der Waals surface area contributed by atoms with Crippen molar-refractivity contribution in [1.82, 2.24) is 4.57 Å². The Balaban J connectivity index is 0.937. The van der Waals surface area contributed by atoms with Crippen LogP contribution >= 0.6 is 0 Å². The topological polar surface area (TPSA) is 24.6 Å². The smallest absolute Gasteiger partial charge is 0.252 e. The third kappa shape index (κ3) is 4.67. The Morgan fingerprint density at radius 1 is 0.449 bits per heavy atom. The van der Waals surface area contributed by atoms with Gasteiger partial charge in [-0.1, -0.05) is 133 Å². The van der Waals surface area contributed by atoms with Crippen molar-refractivity contribution in [1.29, 1.82) is 0 Å². The van der Waals surface area contributed by atoms with Gasteiger partial charge in [0.2, 0.25) is 0 Å². The lowest BCUT2D eigenvalue weighted by Crippen LogP contribution is -2.64. The number of rotatable bonds is 3. The first-order valence-corrected chi connectivity index (χ1v) is 25.3. The number of hydrogen-bond donors (Lipinski definition) is 0. The molecule has 69 heavy (non-hydrogen) atoms. The van der Waals surface area contributed by atoms with Crippen LogP contribution in [0.3, 0.4) is 0 Å². The Bertz CT molecular complexity index is 3960. The minimum Gasteiger partial charge on any atom is -0.455 e. The average molecular weight is 884 g/mol. The second-order valence-corrected chi connectivity index (χ2v) is 21.2. The van der Waals surface area contributed by atoms with Crippen molar-refractivity contribution in [3.63, 3.8) is 0 Å². The number of nitrogens with zero attached hydrogens (tertiary/aromatic N) is 3. The molecule has 326 valence electrons. The van der Waals surface area contributed by atoms with Crippen molar-refractivity contribution in [3.8, 4) is 16.8 Å². The maximum Gasteiger partial charge on any atom is 0.252 e. The lowest BCUT2D eigenvalue weighted by Gasteiger charge is -2.64. The van der Waals surface area contributed by atoms with Crippen LogP contribution < -0.4 is 26.2 Å². The third-order valence-corrected chi connectivity index (χ3v) is 18.1. The molecule has 4 nitrogen and oxygen atoms in total. The van der Waals surface area contributed by atoms with E-state index in [0.717, 1.165) is 50.7 Å². The Kier molecular flexibility index (Phi) is 7.16. The van der Waals surface area contributed by atoms with Gasteiger partial charge in [0, 0.05) is 66.6 Å². The highest BCUT2D eigenvalue weighted by Crippen LogP contribution is 2.69. The second kappa shape index (κ2) is 13.3. The molecule has 0 radical (unpaired) electrons. The fraction of sp³-hybridized carbons (Fsp3) is 0.156. The molecule has 4 bridgehead atoms. The maximum absolute atomic E-state index is 6.75. The minimum absolute atomic E-state index is 0.0168. The molecule has 7 aliphatic rings. The van der Waals surface area contributed by atoms with Gasteiger partial charge in [0.05, 0.1) is 16.7 Å². The molecule has 0 unspecified atom stereocenters. The van der Waals surface area contributed by atoms with Gasteiger partial charge in [-0.25, -0.2) is 0 Å². The van der Waals surface area contributed by atoms with Crippen LogP contribution in [0.4, 0.5) is 34.1 Å². The summed E-state index contributed by atoms with van der Waals surface area (Å²) in [6.07, 6.45) is 6.88. The maximum atomic E-state index is 6.75. The van der Waals surface area contributed by atoms with Crippen LogP contribution in [0.1, 0.15) is 43.2 Å². The molecule has 0 amide bonds. The average Bonchev–Trinajstić information content (AvgIpc) is 3.95. The van der Waals surface area contributed by atoms with Gasteiger partial charge in [0.1, 0.15) is 11.2 Å². The fourth-order valence-corrected chi connectivity index (χ4v) is 15.9. The van der Waals surface area contributed by atoms with Crippen molar-refractivity contribution < 1.29 is 4.42 Å². The molecular formula is C64H46BN3O. The second-order valence-electron chi connectivity index (χ2n) is 21.2. The van der Waals surface area contributed by atoms with E-state index in [4.69, 9.17) is 4.42 Å². The van der Waals surface area contributed by atoms with Gasteiger partial charge in [0.15, 0.2) is 0 Å². The van der Waals surface area contributed by atoms with Crippen LogP contribution in [-0.4, -0.2) is 11.3 Å². The van der Waals surface area contributed by atoms with Crippen LogP contribution in [0.5, 0.6) is 0 Å². The van der Waals surface area contributed by atoms with Crippen LogP contribution in [0.2, 0.25) is 0 Å². The number of furan rings is 1. The van der Waals surface area contributed by atoms with Crippen LogP contribution in [0.15, 0.2) is 199 Å². The van der Waals surface area contributed by atoms with E-state index < -0.39 is 0 Å². The molecule has 11 aromatic rings.